The Kier molecular flexibility index (Phi) is 4.51. The number of amides is 1. The molecule has 0 aliphatic heterocycles. The van der Waals surface area contributed by atoms with E-state index in [9.17, 15) is 4.79 Å². The van der Waals surface area contributed by atoms with Gasteiger partial charge in [-0.15, -0.1) is 0 Å². The molecule has 1 amide bonds. The predicted molar refractivity (Wildman–Crippen MR) is 85.9 cm³/mol. The number of carbonyl (C=O) groups is 1. The summed E-state index contributed by atoms with van der Waals surface area (Å²) in [6.45, 7) is 2.02. The fourth-order valence-electron chi connectivity index (χ4n) is 2.35. The van der Waals surface area contributed by atoms with Crippen molar-refractivity contribution in [3.05, 3.63) is 69.2 Å². The highest BCUT2D eigenvalue weighted by molar-refractivity contribution is 9.10. The van der Waals surface area contributed by atoms with Crippen molar-refractivity contribution in [2.75, 3.05) is 0 Å². The van der Waals surface area contributed by atoms with Crippen LogP contribution in [0.4, 0.5) is 0 Å². The second-order valence-corrected chi connectivity index (χ2v) is 6.34. The fraction of sp³-hybridized carbons (Fsp3) is 0.188. The van der Waals surface area contributed by atoms with Gasteiger partial charge in [0, 0.05) is 21.3 Å². The smallest absolute Gasteiger partial charge is 0.218 e. The summed E-state index contributed by atoms with van der Waals surface area (Å²) in [5.41, 5.74) is 7.04. The summed E-state index contributed by atoms with van der Waals surface area (Å²) in [4.78, 5) is 11.5. The minimum atomic E-state index is -0.461. The Bertz CT molecular complexity index is 562. The number of hydrogen-bond acceptors (Lipinski definition) is 1. The third kappa shape index (κ3) is 3.22. The maximum absolute atomic E-state index is 11.5. The maximum Gasteiger partial charge on any atom is 0.218 e. The van der Waals surface area contributed by atoms with Crippen LogP contribution in [-0.2, 0) is 10.2 Å². The summed E-state index contributed by atoms with van der Waals surface area (Å²) < 4.78 is 0.999. The van der Waals surface area contributed by atoms with Crippen molar-refractivity contribution in [1.82, 2.24) is 0 Å². The summed E-state index contributed by atoms with van der Waals surface area (Å²) in [6.07, 6.45) is 0.246. The molecular formula is C16H15BrClNO. The van der Waals surface area contributed by atoms with Crippen molar-refractivity contribution >= 4 is 33.4 Å². The van der Waals surface area contributed by atoms with Gasteiger partial charge in [-0.05, 0) is 35.4 Å². The molecule has 2 nitrogen and oxygen atoms in total. The van der Waals surface area contributed by atoms with Crippen molar-refractivity contribution in [3.63, 3.8) is 0 Å². The molecule has 0 aromatic heterocycles. The van der Waals surface area contributed by atoms with Crippen LogP contribution in [-0.4, -0.2) is 5.91 Å². The van der Waals surface area contributed by atoms with Gasteiger partial charge in [0.25, 0.3) is 0 Å². The Morgan fingerprint density at radius 2 is 1.55 bits per heavy atom. The van der Waals surface area contributed by atoms with E-state index < -0.39 is 5.41 Å². The van der Waals surface area contributed by atoms with Gasteiger partial charge in [-0.3, -0.25) is 4.79 Å². The van der Waals surface area contributed by atoms with Crippen LogP contribution in [0.3, 0.4) is 0 Å². The van der Waals surface area contributed by atoms with Crippen molar-refractivity contribution in [2.45, 2.75) is 18.8 Å². The molecule has 2 aromatic rings. The second kappa shape index (κ2) is 5.98. The predicted octanol–water partition coefficient (Wildman–Crippen LogP) is 4.28. The van der Waals surface area contributed by atoms with Crippen molar-refractivity contribution in [3.8, 4) is 0 Å². The Labute approximate surface area is 132 Å². The van der Waals surface area contributed by atoms with Gasteiger partial charge in [-0.1, -0.05) is 58.7 Å². The highest BCUT2D eigenvalue weighted by Crippen LogP contribution is 2.36. The lowest BCUT2D eigenvalue weighted by Crippen LogP contribution is -2.30. The van der Waals surface area contributed by atoms with Gasteiger partial charge in [0.2, 0.25) is 5.91 Å². The molecule has 0 fully saturated rings. The van der Waals surface area contributed by atoms with Crippen LogP contribution in [0.5, 0.6) is 0 Å². The van der Waals surface area contributed by atoms with Crippen LogP contribution < -0.4 is 5.73 Å². The molecule has 2 aromatic carbocycles. The molecule has 0 aliphatic carbocycles. The zero-order chi connectivity index (χ0) is 14.8. The van der Waals surface area contributed by atoms with Gasteiger partial charge < -0.3 is 5.73 Å². The Balaban J connectivity index is 2.52. The standard InChI is InChI=1S/C16H15BrClNO/c1-16(10-15(19)20,11-2-6-13(17)7-3-11)12-4-8-14(18)9-5-12/h2-9H,10H2,1H3,(H2,19,20). The molecule has 0 saturated carbocycles. The topological polar surface area (TPSA) is 43.1 Å². The van der Waals surface area contributed by atoms with Gasteiger partial charge in [-0.2, -0.15) is 0 Å². The average Bonchev–Trinajstić information content (AvgIpc) is 2.39. The summed E-state index contributed by atoms with van der Waals surface area (Å²) in [5, 5.41) is 0.672. The zero-order valence-corrected chi connectivity index (χ0v) is 13.4. The molecule has 0 aliphatic rings. The number of primary amides is 1. The first-order chi connectivity index (χ1) is 9.41. The van der Waals surface area contributed by atoms with E-state index in [2.05, 4.69) is 15.9 Å². The molecule has 20 heavy (non-hydrogen) atoms. The summed E-state index contributed by atoms with van der Waals surface area (Å²) >= 11 is 9.36. The van der Waals surface area contributed by atoms with E-state index in [1.54, 1.807) is 0 Å². The van der Waals surface area contributed by atoms with E-state index >= 15 is 0 Å². The lowest BCUT2D eigenvalue weighted by atomic mass is 9.73. The molecule has 0 saturated heterocycles. The maximum atomic E-state index is 11.5. The first kappa shape index (κ1) is 15.1. The number of rotatable bonds is 4. The minimum Gasteiger partial charge on any atom is -0.370 e. The molecule has 0 spiro atoms. The van der Waals surface area contributed by atoms with Crippen LogP contribution in [0.15, 0.2) is 53.0 Å². The van der Waals surface area contributed by atoms with E-state index in [-0.39, 0.29) is 12.3 Å². The van der Waals surface area contributed by atoms with Crippen molar-refractivity contribution in [2.24, 2.45) is 5.73 Å². The Hall–Kier alpha value is -1.32. The number of carbonyl (C=O) groups excluding carboxylic acids is 1. The normalized spacial score (nSPS) is 13.8. The molecule has 1 unspecified atom stereocenters. The van der Waals surface area contributed by atoms with E-state index in [4.69, 9.17) is 17.3 Å². The SMILES string of the molecule is CC(CC(N)=O)(c1ccc(Cl)cc1)c1ccc(Br)cc1. The van der Waals surface area contributed by atoms with E-state index in [0.29, 0.717) is 5.02 Å². The highest BCUT2D eigenvalue weighted by atomic mass is 79.9. The second-order valence-electron chi connectivity index (χ2n) is 4.99. The quantitative estimate of drug-likeness (QED) is 0.876. The first-order valence-electron chi connectivity index (χ1n) is 6.22. The third-order valence-corrected chi connectivity index (χ3v) is 4.27. The van der Waals surface area contributed by atoms with Gasteiger partial charge in [0.05, 0.1) is 0 Å². The van der Waals surface area contributed by atoms with Crippen LogP contribution in [0, 0.1) is 0 Å². The zero-order valence-electron chi connectivity index (χ0n) is 11.1. The molecule has 0 heterocycles. The molecule has 2 N–H and O–H groups in total. The van der Waals surface area contributed by atoms with E-state index in [1.807, 2.05) is 55.5 Å². The van der Waals surface area contributed by atoms with Gasteiger partial charge in [-0.25, -0.2) is 0 Å². The van der Waals surface area contributed by atoms with Crippen molar-refractivity contribution < 1.29 is 4.79 Å². The average molecular weight is 353 g/mol. The molecule has 104 valence electrons. The third-order valence-electron chi connectivity index (χ3n) is 3.49. The van der Waals surface area contributed by atoms with E-state index in [1.165, 1.54) is 0 Å². The number of benzene rings is 2. The van der Waals surface area contributed by atoms with Crippen LogP contribution >= 0.6 is 27.5 Å². The lowest BCUT2D eigenvalue weighted by Gasteiger charge is -2.30. The van der Waals surface area contributed by atoms with Crippen LogP contribution in [0.2, 0.25) is 5.02 Å². The lowest BCUT2D eigenvalue weighted by molar-refractivity contribution is -0.118. The number of hydrogen-bond donors (Lipinski definition) is 1. The molecule has 1 atom stereocenters. The molecule has 4 heteroatoms. The molecular weight excluding hydrogens is 338 g/mol. The van der Waals surface area contributed by atoms with Crippen LogP contribution in [0.1, 0.15) is 24.5 Å². The Morgan fingerprint density at radius 1 is 1.10 bits per heavy atom. The number of halogens is 2. The highest BCUT2D eigenvalue weighted by Gasteiger charge is 2.30. The monoisotopic (exact) mass is 351 g/mol. The largest absolute Gasteiger partial charge is 0.370 e. The van der Waals surface area contributed by atoms with Gasteiger partial charge in [0.15, 0.2) is 0 Å². The van der Waals surface area contributed by atoms with Gasteiger partial charge >= 0.3 is 0 Å². The van der Waals surface area contributed by atoms with E-state index in [0.717, 1.165) is 15.6 Å². The molecule has 2 rings (SSSR count). The number of nitrogens with two attached hydrogens (primary N) is 1. The first-order valence-corrected chi connectivity index (χ1v) is 7.39. The summed E-state index contributed by atoms with van der Waals surface area (Å²) in [5.74, 6) is -0.328. The molecule has 0 bridgehead atoms. The van der Waals surface area contributed by atoms with Crippen molar-refractivity contribution in [1.29, 1.82) is 0 Å². The summed E-state index contributed by atoms with van der Waals surface area (Å²) in [7, 11) is 0. The molecule has 0 radical (unpaired) electrons. The Morgan fingerprint density at radius 3 is 2.00 bits per heavy atom. The minimum absolute atomic E-state index is 0.246. The van der Waals surface area contributed by atoms with Crippen LogP contribution in [0.25, 0.3) is 0 Å². The van der Waals surface area contributed by atoms with Gasteiger partial charge in [0.1, 0.15) is 0 Å². The fourth-order valence-corrected chi connectivity index (χ4v) is 2.75. The summed E-state index contributed by atoms with van der Waals surface area (Å²) in [6, 6.07) is 15.5.